The van der Waals surface area contributed by atoms with Crippen LogP contribution in [0.3, 0.4) is 0 Å². The van der Waals surface area contributed by atoms with Crippen molar-refractivity contribution in [2.45, 2.75) is 50.7 Å². The minimum Gasteiger partial charge on any atom is -0.376 e. The molecular formula is C12H18O5. The van der Waals surface area contributed by atoms with Gasteiger partial charge < -0.3 is 23.7 Å². The Morgan fingerprint density at radius 1 is 1.29 bits per heavy atom. The van der Waals surface area contributed by atoms with Gasteiger partial charge in [-0.1, -0.05) is 0 Å². The number of carbonyl (C=O) groups excluding carboxylic acids is 1. The molecule has 1 unspecified atom stereocenters. The second-order valence-electron chi connectivity index (χ2n) is 5.47. The second kappa shape index (κ2) is 3.75. The Balaban J connectivity index is 1.72. The van der Waals surface area contributed by atoms with Gasteiger partial charge >= 0.3 is 0 Å². The predicted octanol–water partition coefficient (Wildman–Crippen LogP) is 0.713. The Kier molecular flexibility index (Phi) is 2.56. The van der Waals surface area contributed by atoms with Crippen molar-refractivity contribution in [3.05, 3.63) is 0 Å². The van der Waals surface area contributed by atoms with Crippen molar-refractivity contribution in [3.8, 4) is 0 Å². The van der Waals surface area contributed by atoms with E-state index in [0.717, 1.165) is 12.7 Å². The van der Waals surface area contributed by atoms with Crippen molar-refractivity contribution in [2.24, 2.45) is 11.8 Å². The lowest BCUT2D eigenvalue weighted by atomic mass is 10.1. The van der Waals surface area contributed by atoms with Crippen molar-refractivity contribution >= 4 is 6.29 Å². The highest BCUT2D eigenvalue weighted by Crippen LogP contribution is 2.49. The van der Waals surface area contributed by atoms with E-state index in [9.17, 15) is 4.79 Å². The maximum atomic E-state index is 10.7. The molecule has 96 valence electrons. The first kappa shape index (κ1) is 11.6. The van der Waals surface area contributed by atoms with Crippen LogP contribution in [0, 0.1) is 11.8 Å². The maximum absolute atomic E-state index is 10.7. The van der Waals surface area contributed by atoms with Crippen LogP contribution in [0.1, 0.15) is 20.3 Å². The largest absolute Gasteiger partial charge is 0.376 e. The maximum Gasteiger partial charge on any atom is 0.190 e. The number of aldehydes is 1. The van der Waals surface area contributed by atoms with Crippen LogP contribution in [-0.4, -0.2) is 43.8 Å². The molecule has 0 radical (unpaired) electrons. The van der Waals surface area contributed by atoms with Crippen molar-refractivity contribution in [1.82, 2.24) is 0 Å². The summed E-state index contributed by atoms with van der Waals surface area (Å²) < 4.78 is 22.8. The number of carbonyl (C=O) groups is 1. The van der Waals surface area contributed by atoms with Crippen LogP contribution >= 0.6 is 0 Å². The first-order chi connectivity index (χ1) is 8.05. The van der Waals surface area contributed by atoms with Gasteiger partial charge in [0.05, 0.1) is 6.10 Å². The topological polar surface area (TPSA) is 54.0 Å². The van der Waals surface area contributed by atoms with Gasteiger partial charge in [-0.05, 0) is 26.2 Å². The molecule has 2 aliphatic heterocycles. The normalized spacial score (nSPS) is 51.2. The smallest absolute Gasteiger partial charge is 0.190 e. The van der Waals surface area contributed by atoms with Gasteiger partial charge in [0.15, 0.2) is 12.1 Å². The minimum absolute atomic E-state index is 0.0821. The van der Waals surface area contributed by atoms with Gasteiger partial charge in [-0.3, -0.25) is 0 Å². The molecule has 17 heavy (non-hydrogen) atoms. The van der Waals surface area contributed by atoms with Gasteiger partial charge in [-0.25, -0.2) is 0 Å². The van der Waals surface area contributed by atoms with Crippen LogP contribution in [-0.2, 0) is 23.7 Å². The van der Waals surface area contributed by atoms with E-state index < -0.39 is 5.79 Å². The first-order valence-electron chi connectivity index (χ1n) is 6.05. The third-order valence-corrected chi connectivity index (χ3v) is 3.79. The van der Waals surface area contributed by atoms with E-state index in [4.69, 9.17) is 18.9 Å². The van der Waals surface area contributed by atoms with Gasteiger partial charge in [0.1, 0.15) is 18.5 Å². The molecule has 5 nitrogen and oxygen atoms in total. The van der Waals surface area contributed by atoms with Crippen LogP contribution in [0.15, 0.2) is 0 Å². The molecule has 0 N–H and O–H groups in total. The molecule has 2 saturated heterocycles. The highest BCUT2D eigenvalue weighted by Gasteiger charge is 2.60. The van der Waals surface area contributed by atoms with E-state index in [1.165, 1.54) is 0 Å². The molecule has 5 heteroatoms. The third-order valence-electron chi connectivity index (χ3n) is 3.79. The minimum atomic E-state index is -0.620. The summed E-state index contributed by atoms with van der Waals surface area (Å²) in [6, 6.07) is 0. The zero-order valence-electron chi connectivity index (χ0n) is 10.3. The van der Waals surface area contributed by atoms with Crippen molar-refractivity contribution in [1.29, 1.82) is 0 Å². The summed E-state index contributed by atoms with van der Waals surface area (Å²) in [6.45, 7) is 3.73. The summed E-state index contributed by atoms with van der Waals surface area (Å²) in [5.41, 5.74) is 0. The molecule has 1 aliphatic carbocycles. The number of rotatable bonds is 3. The third kappa shape index (κ3) is 1.81. The van der Waals surface area contributed by atoms with Gasteiger partial charge in [-0.15, -0.1) is 0 Å². The summed E-state index contributed by atoms with van der Waals surface area (Å²) >= 11 is 0. The summed E-state index contributed by atoms with van der Waals surface area (Å²) in [5.74, 6) is -0.243. The molecule has 0 aromatic heterocycles. The van der Waals surface area contributed by atoms with Gasteiger partial charge in [0.2, 0.25) is 0 Å². The molecule has 0 spiro atoms. The van der Waals surface area contributed by atoms with Crippen LogP contribution < -0.4 is 0 Å². The average Bonchev–Trinajstić information content (AvgIpc) is 2.89. The molecule has 3 aliphatic rings. The lowest BCUT2D eigenvalue weighted by Crippen LogP contribution is -2.37. The second-order valence-corrected chi connectivity index (χ2v) is 5.47. The molecule has 2 heterocycles. The fourth-order valence-electron chi connectivity index (χ4n) is 2.89. The van der Waals surface area contributed by atoms with Crippen molar-refractivity contribution in [2.75, 3.05) is 7.11 Å². The summed E-state index contributed by atoms with van der Waals surface area (Å²) in [4.78, 5) is 10.7. The lowest BCUT2D eigenvalue weighted by Gasteiger charge is -2.24. The Morgan fingerprint density at radius 3 is 2.65 bits per heavy atom. The summed E-state index contributed by atoms with van der Waals surface area (Å²) in [5, 5.41) is 0. The van der Waals surface area contributed by atoms with E-state index in [2.05, 4.69) is 0 Å². The molecular weight excluding hydrogens is 224 g/mol. The molecule has 3 rings (SSSR count). The quantitative estimate of drug-likeness (QED) is 0.682. The first-order valence-corrected chi connectivity index (χ1v) is 6.05. The fourth-order valence-corrected chi connectivity index (χ4v) is 2.89. The summed E-state index contributed by atoms with van der Waals surface area (Å²) in [7, 11) is 1.65. The Hall–Kier alpha value is -0.490. The highest BCUT2D eigenvalue weighted by atomic mass is 16.8. The van der Waals surface area contributed by atoms with E-state index in [0.29, 0.717) is 0 Å². The van der Waals surface area contributed by atoms with Crippen LogP contribution in [0.4, 0.5) is 0 Å². The van der Waals surface area contributed by atoms with E-state index in [-0.39, 0.29) is 36.4 Å². The number of fused-ring (bicyclic) bond motifs is 1. The number of ether oxygens (including phenoxy) is 4. The van der Waals surface area contributed by atoms with Crippen LogP contribution in [0.2, 0.25) is 0 Å². The molecule has 1 saturated carbocycles. The van der Waals surface area contributed by atoms with Gasteiger partial charge in [0.25, 0.3) is 0 Å². The standard InChI is InChI=1S/C12H18O5/c1-12(2)16-10-9(14-3)8(15-11(10)17-12)7-4-6(7)5-13/h5-11H,4H2,1-3H3/t6-,7+,8?,9-,10+,11+/m0/s1. The Bertz CT molecular complexity index is 329. The SMILES string of the molecule is CO[C@H]1C([C@@H]2C[C@H]2C=O)O[C@@H]2OC(C)(C)O[C@@H]21. The molecule has 6 atom stereocenters. The van der Waals surface area contributed by atoms with Gasteiger partial charge in [-0.2, -0.15) is 0 Å². The Labute approximate surface area is 100 Å². The van der Waals surface area contributed by atoms with E-state index in [1.54, 1.807) is 7.11 Å². The monoisotopic (exact) mass is 242 g/mol. The zero-order valence-corrected chi connectivity index (χ0v) is 10.3. The zero-order chi connectivity index (χ0) is 12.2. The lowest BCUT2D eigenvalue weighted by molar-refractivity contribution is -0.219. The predicted molar refractivity (Wildman–Crippen MR) is 57.2 cm³/mol. The highest BCUT2D eigenvalue weighted by molar-refractivity contribution is 5.58. The number of hydrogen-bond acceptors (Lipinski definition) is 5. The number of methoxy groups -OCH3 is 1. The number of hydrogen-bond donors (Lipinski definition) is 0. The van der Waals surface area contributed by atoms with E-state index in [1.807, 2.05) is 13.8 Å². The molecule has 0 aromatic rings. The average molecular weight is 242 g/mol. The molecule has 0 amide bonds. The molecule has 3 fully saturated rings. The van der Waals surface area contributed by atoms with Gasteiger partial charge in [0, 0.05) is 13.0 Å². The molecule has 0 bridgehead atoms. The fraction of sp³-hybridized carbons (Fsp3) is 0.917. The van der Waals surface area contributed by atoms with E-state index >= 15 is 0 Å². The Morgan fingerprint density at radius 2 is 2.06 bits per heavy atom. The molecule has 0 aromatic carbocycles. The van der Waals surface area contributed by atoms with Crippen molar-refractivity contribution in [3.63, 3.8) is 0 Å². The van der Waals surface area contributed by atoms with Crippen molar-refractivity contribution < 1.29 is 23.7 Å². The van der Waals surface area contributed by atoms with Crippen LogP contribution in [0.25, 0.3) is 0 Å². The summed E-state index contributed by atoms with van der Waals surface area (Å²) in [6.07, 6.45) is 1.11. The van der Waals surface area contributed by atoms with Crippen LogP contribution in [0.5, 0.6) is 0 Å².